The molecule has 3 nitrogen and oxygen atoms in total. The Balaban J connectivity index is 1.83. The summed E-state index contributed by atoms with van der Waals surface area (Å²) in [5, 5.41) is 1.66. The first-order chi connectivity index (χ1) is 12.4. The molecule has 4 heteroatoms. The van der Waals surface area contributed by atoms with Crippen molar-refractivity contribution in [3.05, 3.63) is 74.6 Å². The molecule has 0 amide bonds. The summed E-state index contributed by atoms with van der Waals surface area (Å²) < 4.78 is 11.4. The lowest BCUT2D eigenvalue weighted by Crippen LogP contribution is -2.11. The molecule has 136 valence electrons. The summed E-state index contributed by atoms with van der Waals surface area (Å²) in [6, 6.07) is 13.2. The zero-order chi connectivity index (χ0) is 18.7. The molecule has 1 aromatic heterocycles. The third-order valence-corrected chi connectivity index (χ3v) is 4.80. The molecule has 0 fully saturated rings. The number of aryl methyl sites for hydroxylation is 1. The number of ether oxygens (including phenoxy) is 1. The number of benzene rings is 2. The van der Waals surface area contributed by atoms with Crippen molar-refractivity contribution < 1.29 is 9.15 Å². The number of halogens is 1. The highest BCUT2D eigenvalue weighted by atomic mass is 35.5. The van der Waals surface area contributed by atoms with Crippen LogP contribution in [0.3, 0.4) is 0 Å². The van der Waals surface area contributed by atoms with E-state index >= 15 is 0 Å². The summed E-state index contributed by atoms with van der Waals surface area (Å²) in [6.45, 7) is 6.73. The molecular weight excluding hydrogens is 348 g/mol. The molecule has 0 bridgehead atoms. The summed E-state index contributed by atoms with van der Waals surface area (Å²) >= 11 is 5.89. The first kappa shape index (κ1) is 18.5. The second-order valence-corrected chi connectivity index (χ2v) is 7.44. The monoisotopic (exact) mass is 370 g/mol. The van der Waals surface area contributed by atoms with Gasteiger partial charge < -0.3 is 9.15 Å². The lowest BCUT2D eigenvalue weighted by molar-refractivity contribution is 0.306. The second-order valence-electron chi connectivity index (χ2n) is 7.00. The van der Waals surface area contributed by atoms with Gasteiger partial charge in [0.15, 0.2) is 0 Å². The molecule has 0 spiro atoms. The zero-order valence-electron chi connectivity index (χ0n) is 15.3. The molecule has 0 N–H and O–H groups in total. The lowest BCUT2D eigenvalue weighted by atomic mass is 9.98. The second kappa shape index (κ2) is 7.96. The standard InChI is InChI=1S/C22H23ClO3/c1-14(2)4-10-20-15(3)19-11-9-18(12-21(19)26-22(20)24)25-13-16-5-7-17(23)8-6-16/h5-9,11-12,14H,4,10,13H2,1-3H3. The van der Waals surface area contributed by atoms with Crippen molar-refractivity contribution in [2.45, 2.75) is 40.2 Å². The molecule has 0 atom stereocenters. The summed E-state index contributed by atoms with van der Waals surface area (Å²) in [5.41, 5.74) is 3.12. The number of hydrogen-bond donors (Lipinski definition) is 0. The fraction of sp³-hybridized carbons (Fsp3) is 0.318. The molecule has 2 aromatic carbocycles. The van der Waals surface area contributed by atoms with Crippen molar-refractivity contribution in [1.82, 2.24) is 0 Å². The minimum atomic E-state index is -0.245. The molecule has 0 saturated heterocycles. The molecule has 0 aliphatic heterocycles. The third kappa shape index (κ3) is 4.28. The Morgan fingerprint density at radius 2 is 1.85 bits per heavy atom. The average molecular weight is 371 g/mol. The summed E-state index contributed by atoms with van der Waals surface area (Å²) in [7, 11) is 0. The number of rotatable bonds is 6. The summed E-state index contributed by atoms with van der Waals surface area (Å²) in [4.78, 5) is 12.4. The van der Waals surface area contributed by atoms with Crippen LogP contribution in [0, 0.1) is 12.8 Å². The first-order valence-electron chi connectivity index (χ1n) is 8.87. The SMILES string of the molecule is Cc1c(CCC(C)C)c(=O)oc2cc(OCc3ccc(Cl)cc3)ccc12. The topological polar surface area (TPSA) is 39.4 Å². The van der Waals surface area contributed by atoms with E-state index in [1.54, 1.807) is 6.07 Å². The largest absolute Gasteiger partial charge is 0.489 e. The quantitative estimate of drug-likeness (QED) is 0.505. The van der Waals surface area contributed by atoms with Crippen LogP contribution >= 0.6 is 11.6 Å². The van der Waals surface area contributed by atoms with Crippen molar-refractivity contribution in [2.75, 3.05) is 0 Å². The Kier molecular flexibility index (Phi) is 5.67. The number of hydrogen-bond acceptors (Lipinski definition) is 3. The van der Waals surface area contributed by atoms with Gasteiger partial charge in [0.1, 0.15) is 17.9 Å². The van der Waals surface area contributed by atoms with Crippen LogP contribution < -0.4 is 10.4 Å². The van der Waals surface area contributed by atoms with Gasteiger partial charge in [-0.15, -0.1) is 0 Å². The minimum Gasteiger partial charge on any atom is -0.489 e. The maximum Gasteiger partial charge on any atom is 0.339 e. The Bertz CT molecular complexity index is 956. The normalized spacial score (nSPS) is 11.3. The van der Waals surface area contributed by atoms with Gasteiger partial charge in [-0.2, -0.15) is 0 Å². The van der Waals surface area contributed by atoms with Crippen molar-refractivity contribution in [1.29, 1.82) is 0 Å². The van der Waals surface area contributed by atoms with Crippen LogP contribution in [-0.2, 0) is 13.0 Å². The fourth-order valence-electron chi connectivity index (χ4n) is 2.93. The predicted octanol–water partition coefficient (Wildman–Crippen LogP) is 5.92. The molecule has 1 heterocycles. The van der Waals surface area contributed by atoms with Gasteiger partial charge in [-0.25, -0.2) is 4.79 Å². The summed E-state index contributed by atoms with van der Waals surface area (Å²) in [6.07, 6.45) is 1.72. The van der Waals surface area contributed by atoms with Gasteiger partial charge in [0.25, 0.3) is 0 Å². The molecule has 0 unspecified atom stereocenters. The Morgan fingerprint density at radius 1 is 1.12 bits per heavy atom. The average Bonchev–Trinajstić information content (AvgIpc) is 2.60. The number of fused-ring (bicyclic) bond motifs is 1. The highest BCUT2D eigenvalue weighted by molar-refractivity contribution is 6.30. The van der Waals surface area contributed by atoms with E-state index in [0.29, 0.717) is 28.9 Å². The highest BCUT2D eigenvalue weighted by Gasteiger charge is 2.12. The highest BCUT2D eigenvalue weighted by Crippen LogP contribution is 2.25. The lowest BCUT2D eigenvalue weighted by Gasteiger charge is -2.11. The van der Waals surface area contributed by atoms with Crippen LogP contribution in [0.15, 0.2) is 51.7 Å². The first-order valence-corrected chi connectivity index (χ1v) is 9.25. The molecule has 0 aliphatic rings. The molecular formula is C22H23ClO3. The maximum atomic E-state index is 12.4. The van der Waals surface area contributed by atoms with Gasteiger partial charge >= 0.3 is 5.63 Å². The van der Waals surface area contributed by atoms with Crippen molar-refractivity contribution in [3.63, 3.8) is 0 Å². The molecule has 0 aliphatic carbocycles. The van der Waals surface area contributed by atoms with Crippen LogP contribution in [0.2, 0.25) is 5.02 Å². The van der Waals surface area contributed by atoms with E-state index in [1.165, 1.54) is 0 Å². The van der Waals surface area contributed by atoms with Crippen molar-refractivity contribution in [2.24, 2.45) is 5.92 Å². The van der Waals surface area contributed by atoms with Crippen LogP contribution in [-0.4, -0.2) is 0 Å². The molecule has 3 aromatic rings. The summed E-state index contributed by atoms with van der Waals surface area (Å²) in [5.74, 6) is 1.22. The van der Waals surface area contributed by atoms with Gasteiger partial charge in [0.05, 0.1) is 0 Å². The van der Waals surface area contributed by atoms with E-state index in [9.17, 15) is 4.79 Å². The molecule has 0 radical (unpaired) electrons. The van der Waals surface area contributed by atoms with Gasteiger partial charge in [0, 0.05) is 22.0 Å². The third-order valence-electron chi connectivity index (χ3n) is 4.55. The smallest absolute Gasteiger partial charge is 0.339 e. The van der Waals surface area contributed by atoms with E-state index in [0.717, 1.165) is 34.9 Å². The zero-order valence-corrected chi connectivity index (χ0v) is 16.1. The van der Waals surface area contributed by atoms with E-state index < -0.39 is 0 Å². The molecule has 26 heavy (non-hydrogen) atoms. The maximum absolute atomic E-state index is 12.4. The van der Waals surface area contributed by atoms with Crippen LogP contribution in [0.5, 0.6) is 5.75 Å². The van der Waals surface area contributed by atoms with Gasteiger partial charge in [-0.05, 0) is 61.1 Å². The van der Waals surface area contributed by atoms with Crippen molar-refractivity contribution in [3.8, 4) is 5.75 Å². The Labute approximate surface area is 158 Å². The minimum absolute atomic E-state index is 0.245. The predicted molar refractivity (Wildman–Crippen MR) is 106 cm³/mol. The van der Waals surface area contributed by atoms with Crippen molar-refractivity contribution >= 4 is 22.6 Å². The Hall–Kier alpha value is -2.26. The Morgan fingerprint density at radius 3 is 2.54 bits per heavy atom. The van der Waals surface area contributed by atoms with Gasteiger partial charge in [-0.1, -0.05) is 37.6 Å². The van der Waals surface area contributed by atoms with Crippen LogP contribution in [0.4, 0.5) is 0 Å². The van der Waals surface area contributed by atoms with E-state index in [2.05, 4.69) is 13.8 Å². The van der Waals surface area contributed by atoms with E-state index in [4.69, 9.17) is 20.8 Å². The van der Waals surface area contributed by atoms with Gasteiger partial charge in [-0.3, -0.25) is 0 Å². The molecule has 3 rings (SSSR count). The fourth-order valence-corrected chi connectivity index (χ4v) is 3.06. The molecule has 0 saturated carbocycles. The van der Waals surface area contributed by atoms with Crippen LogP contribution in [0.25, 0.3) is 11.0 Å². The van der Waals surface area contributed by atoms with E-state index in [-0.39, 0.29) is 5.63 Å². The van der Waals surface area contributed by atoms with Gasteiger partial charge in [0.2, 0.25) is 0 Å². The van der Waals surface area contributed by atoms with Crippen LogP contribution in [0.1, 0.15) is 37.0 Å². The van der Waals surface area contributed by atoms with E-state index in [1.807, 2.05) is 43.3 Å².